The Bertz CT molecular complexity index is 219. The first-order valence-electron chi connectivity index (χ1n) is 3.38. The molecular formula is C10H13Cl. The summed E-state index contributed by atoms with van der Waals surface area (Å²) in [5, 5.41) is 0.550. The van der Waals surface area contributed by atoms with Crippen LogP contribution in [0.25, 0.3) is 0 Å². The lowest BCUT2D eigenvalue weighted by Gasteiger charge is -1.90. The van der Waals surface area contributed by atoms with E-state index >= 15 is 0 Å². The Morgan fingerprint density at radius 1 is 1.18 bits per heavy atom. The van der Waals surface area contributed by atoms with Crippen molar-refractivity contribution in [3.8, 4) is 0 Å². The zero-order chi connectivity index (χ0) is 8.85. The van der Waals surface area contributed by atoms with E-state index in [1.165, 1.54) is 0 Å². The second-order valence-electron chi connectivity index (χ2n) is 2.51. The van der Waals surface area contributed by atoms with E-state index < -0.39 is 0 Å². The third-order valence-electron chi connectivity index (χ3n) is 1.02. The molecule has 0 saturated carbocycles. The van der Waals surface area contributed by atoms with Crippen LogP contribution >= 0.6 is 11.6 Å². The highest BCUT2D eigenvalue weighted by atomic mass is 35.5. The predicted molar refractivity (Wildman–Crippen MR) is 52.7 cm³/mol. The van der Waals surface area contributed by atoms with Gasteiger partial charge in [-0.15, -0.1) is 0 Å². The van der Waals surface area contributed by atoms with Crippen molar-refractivity contribution in [2.24, 2.45) is 0 Å². The monoisotopic (exact) mass is 168 g/mol. The van der Waals surface area contributed by atoms with Gasteiger partial charge < -0.3 is 0 Å². The van der Waals surface area contributed by atoms with E-state index in [0.717, 1.165) is 11.1 Å². The van der Waals surface area contributed by atoms with Crippen LogP contribution in [0.2, 0.25) is 0 Å². The summed E-state index contributed by atoms with van der Waals surface area (Å²) in [5.74, 6) is 0. The molecule has 0 aromatic rings. The molecule has 0 heterocycles. The van der Waals surface area contributed by atoms with Gasteiger partial charge in [0.1, 0.15) is 0 Å². The molecule has 0 rings (SSSR count). The molecule has 0 amide bonds. The van der Waals surface area contributed by atoms with Gasteiger partial charge in [-0.25, -0.2) is 0 Å². The summed E-state index contributed by atoms with van der Waals surface area (Å²) in [7, 11) is 0. The maximum absolute atomic E-state index is 5.56. The van der Waals surface area contributed by atoms with E-state index in [1.807, 2.05) is 26.0 Å². The molecule has 0 unspecified atom stereocenters. The summed E-state index contributed by atoms with van der Waals surface area (Å²) in [5.41, 5.74) is 2.10. The highest BCUT2D eigenvalue weighted by molar-refractivity contribution is 6.30. The van der Waals surface area contributed by atoms with Gasteiger partial charge in [-0.2, -0.15) is 0 Å². The first-order valence-corrected chi connectivity index (χ1v) is 3.76. The summed E-state index contributed by atoms with van der Waals surface area (Å²) in [4.78, 5) is 0. The second kappa shape index (κ2) is 4.97. The quantitative estimate of drug-likeness (QED) is 0.562. The van der Waals surface area contributed by atoms with Crippen molar-refractivity contribution in [3.05, 3.63) is 47.6 Å². The van der Waals surface area contributed by atoms with Crippen molar-refractivity contribution >= 4 is 11.6 Å². The van der Waals surface area contributed by atoms with Gasteiger partial charge in [-0.3, -0.25) is 0 Å². The normalized spacial score (nSPS) is 12.1. The highest BCUT2D eigenvalue weighted by Crippen LogP contribution is 2.05. The van der Waals surface area contributed by atoms with E-state index in [4.69, 9.17) is 11.6 Å². The Morgan fingerprint density at radius 2 is 1.73 bits per heavy atom. The van der Waals surface area contributed by atoms with Crippen molar-refractivity contribution in [3.63, 3.8) is 0 Å². The standard InChI is InChI=1S/C10H13Cl/c1-8(2)5-6-9(3)7-10(4)11/h5-7H,1,4H2,2-3H3/b6-5+,9-7+. The molecule has 0 aliphatic rings. The molecule has 0 atom stereocenters. The topological polar surface area (TPSA) is 0 Å². The third kappa shape index (κ3) is 7.14. The second-order valence-corrected chi connectivity index (χ2v) is 3.00. The van der Waals surface area contributed by atoms with Crippen LogP contribution in [0.5, 0.6) is 0 Å². The van der Waals surface area contributed by atoms with Gasteiger partial charge in [0.05, 0.1) is 0 Å². The smallest absolute Gasteiger partial charge is 0.0336 e. The molecule has 11 heavy (non-hydrogen) atoms. The lowest BCUT2D eigenvalue weighted by atomic mass is 10.2. The van der Waals surface area contributed by atoms with Gasteiger partial charge in [0.15, 0.2) is 0 Å². The zero-order valence-corrected chi connectivity index (χ0v) is 7.78. The number of halogens is 1. The lowest BCUT2D eigenvalue weighted by molar-refractivity contribution is 1.48. The minimum Gasteiger partial charge on any atom is -0.0961 e. The molecule has 0 bridgehead atoms. The molecule has 1 heteroatoms. The minimum absolute atomic E-state index is 0.550. The number of allylic oxidation sites excluding steroid dienone is 6. The molecule has 0 spiro atoms. The number of hydrogen-bond donors (Lipinski definition) is 0. The maximum Gasteiger partial charge on any atom is 0.0336 e. The highest BCUT2D eigenvalue weighted by Gasteiger charge is 1.82. The molecule has 0 aliphatic carbocycles. The van der Waals surface area contributed by atoms with Crippen molar-refractivity contribution in [2.45, 2.75) is 13.8 Å². The Morgan fingerprint density at radius 3 is 2.09 bits per heavy atom. The average Bonchev–Trinajstić information content (AvgIpc) is 1.82. The van der Waals surface area contributed by atoms with Crippen molar-refractivity contribution in [1.82, 2.24) is 0 Å². The van der Waals surface area contributed by atoms with Crippen molar-refractivity contribution in [1.29, 1.82) is 0 Å². The van der Waals surface area contributed by atoms with Gasteiger partial charge in [-0.05, 0) is 25.5 Å². The number of rotatable bonds is 3. The van der Waals surface area contributed by atoms with Crippen molar-refractivity contribution in [2.75, 3.05) is 0 Å². The Balaban J connectivity index is 4.17. The summed E-state index contributed by atoms with van der Waals surface area (Å²) in [6.45, 7) is 11.2. The van der Waals surface area contributed by atoms with Crippen LogP contribution in [0, 0.1) is 0 Å². The molecule has 0 saturated heterocycles. The summed E-state index contributed by atoms with van der Waals surface area (Å²) < 4.78 is 0. The fourth-order valence-corrected chi connectivity index (χ4v) is 0.741. The molecular weight excluding hydrogens is 156 g/mol. The maximum atomic E-state index is 5.56. The predicted octanol–water partition coefficient (Wildman–Crippen LogP) is 3.82. The van der Waals surface area contributed by atoms with Gasteiger partial charge in [0, 0.05) is 5.03 Å². The van der Waals surface area contributed by atoms with Crippen LogP contribution in [0.15, 0.2) is 47.6 Å². The van der Waals surface area contributed by atoms with Gasteiger partial charge >= 0.3 is 0 Å². The van der Waals surface area contributed by atoms with E-state index in [-0.39, 0.29) is 0 Å². The first kappa shape index (κ1) is 10.2. The molecule has 0 aromatic heterocycles. The van der Waals surface area contributed by atoms with Crippen LogP contribution in [-0.2, 0) is 0 Å². The molecule has 60 valence electrons. The SMILES string of the molecule is C=C(C)/C=C/C(C)=C/C(=C)Cl. The van der Waals surface area contributed by atoms with E-state index in [0.29, 0.717) is 5.03 Å². The largest absolute Gasteiger partial charge is 0.0961 e. The molecule has 0 aromatic carbocycles. The lowest BCUT2D eigenvalue weighted by Crippen LogP contribution is -1.69. The fourth-order valence-electron chi connectivity index (χ4n) is 0.569. The van der Waals surface area contributed by atoms with Crippen LogP contribution in [0.1, 0.15) is 13.8 Å². The number of hydrogen-bond acceptors (Lipinski definition) is 0. The third-order valence-corrected chi connectivity index (χ3v) is 1.12. The van der Waals surface area contributed by atoms with Crippen LogP contribution < -0.4 is 0 Å². The van der Waals surface area contributed by atoms with Gasteiger partial charge in [0.2, 0.25) is 0 Å². The summed E-state index contributed by atoms with van der Waals surface area (Å²) in [6.07, 6.45) is 5.70. The summed E-state index contributed by atoms with van der Waals surface area (Å²) in [6, 6.07) is 0. The Hall–Kier alpha value is -0.750. The fraction of sp³-hybridized carbons (Fsp3) is 0.200. The van der Waals surface area contributed by atoms with E-state index in [9.17, 15) is 0 Å². The van der Waals surface area contributed by atoms with E-state index in [1.54, 1.807) is 6.08 Å². The average molecular weight is 169 g/mol. The molecule has 0 aliphatic heterocycles. The van der Waals surface area contributed by atoms with Gasteiger partial charge in [0.25, 0.3) is 0 Å². The molecule has 0 radical (unpaired) electrons. The molecule has 0 nitrogen and oxygen atoms in total. The Kier molecular flexibility index (Phi) is 4.64. The van der Waals surface area contributed by atoms with Crippen molar-refractivity contribution < 1.29 is 0 Å². The summed E-state index contributed by atoms with van der Waals surface area (Å²) >= 11 is 5.56. The van der Waals surface area contributed by atoms with Gasteiger partial charge in [-0.1, -0.05) is 42.5 Å². The Labute approximate surface area is 73.6 Å². The molecule has 0 N–H and O–H groups in total. The van der Waals surface area contributed by atoms with Crippen LogP contribution in [-0.4, -0.2) is 0 Å². The van der Waals surface area contributed by atoms with E-state index in [2.05, 4.69) is 13.2 Å². The van der Waals surface area contributed by atoms with Crippen LogP contribution in [0.4, 0.5) is 0 Å². The minimum atomic E-state index is 0.550. The molecule has 0 fully saturated rings. The first-order chi connectivity index (χ1) is 5.02. The van der Waals surface area contributed by atoms with Crippen LogP contribution in [0.3, 0.4) is 0 Å². The zero-order valence-electron chi connectivity index (χ0n) is 7.02.